The zero-order valence-electron chi connectivity index (χ0n) is 8.67. The minimum atomic E-state index is 0.184. The van der Waals surface area contributed by atoms with Gasteiger partial charge >= 0.3 is 0 Å². The number of hydrogen-bond acceptors (Lipinski definition) is 3. The molecule has 0 spiro atoms. The van der Waals surface area contributed by atoms with Gasteiger partial charge in [0, 0.05) is 24.4 Å². The van der Waals surface area contributed by atoms with Gasteiger partial charge in [0.2, 0.25) is 0 Å². The van der Waals surface area contributed by atoms with Crippen LogP contribution in [0.25, 0.3) is 0 Å². The van der Waals surface area contributed by atoms with Crippen LogP contribution in [-0.4, -0.2) is 23.4 Å². The second-order valence-electron chi connectivity index (χ2n) is 3.41. The number of aromatic hydroxyl groups is 1. The topological polar surface area (TPSA) is 52.5 Å². The molecule has 0 atom stereocenters. The van der Waals surface area contributed by atoms with Crippen LogP contribution in [0.1, 0.15) is 17.5 Å². The molecule has 0 aliphatic rings. The zero-order valence-corrected chi connectivity index (χ0v) is 8.67. The first-order valence-electron chi connectivity index (χ1n) is 4.80. The van der Waals surface area contributed by atoms with Gasteiger partial charge in [0.25, 0.3) is 0 Å². The predicted molar refractivity (Wildman–Crippen MR) is 57.8 cm³/mol. The third-order valence-corrected chi connectivity index (χ3v) is 2.28. The Morgan fingerprint density at radius 2 is 2.00 bits per heavy atom. The lowest BCUT2D eigenvalue weighted by Gasteiger charge is -2.11. The average Bonchev–Trinajstić information content (AvgIpc) is 2.18. The molecule has 0 aromatic heterocycles. The van der Waals surface area contributed by atoms with Crippen LogP contribution in [-0.2, 0) is 0 Å². The molecule has 0 radical (unpaired) electrons. The van der Waals surface area contributed by atoms with E-state index in [1.54, 1.807) is 0 Å². The van der Waals surface area contributed by atoms with Crippen molar-refractivity contribution in [3.8, 4) is 5.75 Å². The Balaban J connectivity index is 2.73. The average molecular weight is 195 g/mol. The van der Waals surface area contributed by atoms with Crippen molar-refractivity contribution >= 4 is 5.69 Å². The summed E-state index contributed by atoms with van der Waals surface area (Å²) in [6, 6.07) is 3.82. The lowest BCUT2D eigenvalue weighted by atomic mass is 10.1. The van der Waals surface area contributed by atoms with Crippen LogP contribution in [0.2, 0.25) is 0 Å². The molecule has 3 N–H and O–H groups in total. The van der Waals surface area contributed by atoms with Gasteiger partial charge in [-0.05, 0) is 31.9 Å². The number of anilines is 1. The maximum Gasteiger partial charge on any atom is 0.123 e. The monoisotopic (exact) mass is 195 g/mol. The maximum atomic E-state index is 9.65. The normalized spacial score (nSPS) is 10.2. The van der Waals surface area contributed by atoms with Crippen molar-refractivity contribution in [3.63, 3.8) is 0 Å². The fourth-order valence-corrected chi connectivity index (χ4v) is 1.33. The molecule has 0 heterocycles. The summed E-state index contributed by atoms with van der Waals surface area (Å²) < 4.78 is 0. The fourth-order valence-electron chi connectivity index (χ4n) is 1.33. The molecule has 0 aliphatic carbocycles. The van der Waals surface area contributed by atoms with E-state index < -0.39 is 0 Å². The van der Waals surface area contributed by atoms with Gasteiger partial charge in [-0.3, -0.25) is 0 Å². The Morgan fingerprint density at radius 3 is 2.64 bits per heavy atom. The van der Waals surface area contributed by atoms with Gasteiger partial charge in [0.05, 0.1) is 0 Å². The van der Waals surface area contributed by atoms with Crippen molar-refractivity contribution in [2.75, 3.05) is 18.5 Å². The number of phenols is 1. The van der Waals surface area contributed by atoms with Crippen LogP contribution >= 0.6 is 0 Å². The SMILES string of the molecule is Cc1ccc(NCCCO)c(C)c1O. The van der Waals surface area contributed by atoms with Crippen LogP contribution in [0.15, 0.2) is 12.1 Å². The zero-order chi connectivity index (χ0) is 10.6. The minimum absolute atomic E-state index is 0.184. The quantitative estimate of drug-likeness (QED) is 0.642. The Labute approximate surface area is 84.4 Å². The van der Waals surface area contributed by atoms with Crippen molar-refractivity contribution < 1.29 is 10.2 Å². The van der Waals surface area contributed by atoms with Gasteiger partial charge in [-0.2, -0.15) is 0 Å². The van der Waals surface area contributed by atoms with E-state index in [2.05, 4.69) is 5.32 Å². The number of benzene rings is 1. The third-order valence-electron chi connectivity index (χ3n) is 2.28. The summed E-state index contributed by atoms with van der Waals surface area (Å²) in [5.74, 6) is 0.346. The molecule has 1 aromatic rings. The summed E-state index contributed by atoms with van der Waals surface area (Å²) >= 11 is 0. The van der Waals surface area contributed by atoms with Gasteiger partial charge in [-0.1, -0.05) is 6.07 Å². The summed E-state index contributed by atoms with van der Waals surface area (Å²) in [6.45, 7) is 4.66. The van der Waals surface area contributed by atoms with Crippen LogP contribution in [0.3, 0.4) is 0 Å². The second-order valence-corrected chi connectivity index (χ2v) is 3.41. The van der Waals surface area contributed by atoms with Crippen LogP contribution < -0.4 is 5.32 Å². The minimum Gasteiger partial charge on any atom is -0.507 e. The van der Waals surface area contributed by atoms with Crippen LogP contribution in [0, 0.1) is 13.8 Å². The van der Waals surface area contributed by atoms with E-state index in [-0.39, 0.29) is 6.61 Å². The van der Waals surface area contributed by atoms with E-state index in [1.165, 1.54) is 0 Å². The van der Waals surface area contributed by atoms with E-state index in [4.69, 9.17) is 5.11 Å². The number of aliphatic hydroxyl groups excluding tert-OH is 1. The fraction of sp³-hybridized carbons (Fsp3) is 0.455. The first-order chi connectivity index (χ1) is 6.66. The third kappa shape index (κ3) is 2.39. The van der Waals surface area contributed by atoms with Crippen molar-refractivity contribution in [2.24, 2.45) is 0 Å². The highest BCUT2D eigenvalue weighted by atomic mass is 16.3. The molecular weight excluding hydrogens is 178 g/mol. The van der Waals surface area contributed by atoms with Gasteiger partial charge in [-0.15, -0.1) is 0 Å². The molecule has 0 fully saturated rings. The number of aryl methyl sites for hydroxylation is 1. The summed E-state index contributed by atoms with van der Waals surface area (Å²) in [6.07, 6.45) is 0.716. The second kappa shape index (κ2) is 4.86. The summed E-state index contributed by atoms with van der Waals surface area (Å²) in [5, 5.41) is 21.4. The highest BCUT2D eigenvalue weighted by molar-refractivity contribution is 5.58. The van der Waals surface area contributed by atoms with E-state index >= 15 is 0 Å². The maximum absolute atomic E-state index is 9.65. The summed E-state index contributed by atoms with van der Waals surface area (Å²) in [7, 11) is 0. The van der Waals surface area contributed by atoms with E-state index in [9.17, 15) is 5.11 Å². The molecule has 3 nitrogen and oxygen atoms in total. The van der Waals surface area contributed by atoms with E-state index in [0.29, 0.717) is 12.2 Å². The number of aliphatic hydroxyl groups is 1. The first-order valence-corrected chi connectivity index (χ1v) is 4.80. The van der Waals surface area contributed by atoms with Gasteiger partial charge in [0.1, 0.15) is 5.75 Å². The number of nitrogens with one attached hydrogen (secondary N) is 1. The van der Waals surface area contributed by atoms with Gasteiger partial charge in [0.15, 0.2) is 0 Å². The molecule has 1 rings (SSSR count). The standard InChI is InChI=1S/C11H17NO2/c1-8-4-5-10(9(2)11(8)14)12-6-3-7-13/h4-5,12-14H,3,6-7H2,1-2H3. The highest BCUT2D eigenvalue weighted by Gasteiger charge is 2.04. The molecule has 78 valence electrons. The molecule has 3 heteroatoms. The molecule has 1 aromatic carbocycles. The van der Waals surface area contributed by atoms with Crippen molar-refractivity contribution in [1.29, 1.82) is 0 Å². The van der Waals surface area contributed by atoms with Crippen LogP contribution in [0.5, 0.6) is 5.75 Å². The summed E-state index contributed by atoms with van der Waals surface area (Å²) in [5.41, 5.74) is 2.68. The summed E-state index contributed by atoms with van der Waals surface area (Å²) in [4.78, 5) is 0. The Kier molecular flexibility index (Phi) is 3.77. The van der Waals surface area contributed by atoms with E-state index in [1.807, 2.05) is 26.0 Å². The Bertz CT molecular complexity index is 310. The molecule has 0 aliphatic heterocycles. The van der Waals surface area contributed by atoms with Gasteiger partial charge < -0.3 is 15.5 Å². The largest absolute Gasteiger partial charge is 0.507 e. The Hall–Kier alpha value is -1.22. The molecule has 0 saturated carbocycles. The van der Waals surface area contributed by atoms with Crippen LogP contribution in [0.4, 0.5) is 5.69 Å². The molecule has 0 amide bonds. The molecular formula is C11H17NO2. The lowest BCUT2D eigenvalue weighted by molar-refractivity contribution is 0.292. The predicted octanol–water partition coefficient (Wildman–Crippen LogP) is 1.80. The molecule has 0 unspecified atom stereocenters. The Morgan fingerprint density at radius 1 is 1.29 bits per heavy atom. The molecule has 0 bridgehead atoms. The first kappa shape index (κ1) is 10.9. The van der Waals surface area contributed by atoms with Gasteiger partial charge in [-0.25, -0.2) is 0 Å². The van der Waals surface area contributed by atoms with Crippen molar-refractivity contribution in [3.05, 3.63) is 23.3 Å². The molecule has 14 heavy (non-hydrogen) atoms. The lowest BCUT2D eigenvalue weighted by Crippen LogP contribution is -2.04. The number of rotatable bonds is 4. The van der Waals surface area contributed by atoms with E-state index in [0.717, 1.165) is 23.4 Å². The number of phenolic OH excluding ortho intramolecular Hbond substituents is 1. The number of hydrogen-bond donors (Lipinski definition) is 3. The smallest absolute Gasteiger partial charge is 0.123 e. The molecule has 0 saturated heterocycles. The van der Waals surface area contributed by atoms with Crippen molar-refractivity contribution in [1.82, 2.24) is 0 Å². The highest BCUT2D eigenvalue weighted by Crippen LogP contribution is 2.27. The van der Waals surface area contributed by atoms with Crippen molar-refractivity contribution in [2.45, 2.75) is 20.3 Å².